The first-order valence-corrected chi connectivity index (χ1v) is 4.12. The highest BCUT2D eigenvalue weighted by molar-refractivity contribution is 5.72. The minimum Gasteiger partial charge on any atom is -0.479 e. The second kappa shape index (κ2) is 7.38. The zero-order chi connectivity index (χ0) is 8.53. The fraction of sp³-hybridized carbons (Fsp3) is 0.875. The van der Waals surface area contributed by atoms with Gasteiger partial charge >= 0.3 is 0 Å². The second-order valence-corrected chi connectivity index (χ2v) is 2.53. The lowest BCUT2D eigenvalue weighted by molar-refractivity contribution is 0.247. The number of hydrogen-bond donors (Lipinski definition) is 1. The molecule has 0 unspecified atom stereocenters. The summed E-state index contributed by atoms with van der Waals surface area (Å²) in [6.45, 7) is 4.47. The minimum absolute atomic E-state index is 0.349. The summed E-state index contributed by atoms with van der Waals surface area (Å²) < 4.78 is 5.04. The van der Waals surface area contributed by atoms with Gasteiger partial charge in [-0.3, -0.25) is 0 Å². The van der Waals surface area contributed by atoms with Gasteiger partial charge in [-0.15, -0.1) is 0 Å². The first-order chi connectivity index (χ1) is 5.31. The van der Waals surface area contributed by atoms with Crippen molar-refractivity contribution >= 4 is 5.90 Å². The maximum absolute atomic E-state index is 8.20. The molecule has 0 rings (SSSR count). The number of rotatable bonds is 5. The molecule has 0 aromatic carbocycles. The Kier molecular flexibility index (Phi) is 6.89. The van der Waals surface area contributed by atoms with Crippen molar-refractivity contribution in [2.24, 2.45) is 5.16 Å². The van der Waals surface area contributed by atoms with Crippen LogP contribution in [-0.4, -0.2) is 17.7 Å². The molecule has 1 N–H and O–H groups in total. The Morgan fingerprint density at radius 3 is 2.64 bits per heavy atom. The summed E-state index contributed by atoms with van der Waals surface area (Å²) in [5.41, 5.74) is 0. The molecule has 0 saturated carbocycles. The van der Waals surface area contributed by atoms with Crippen molar-refractivity contribution < 1.29 is 9.94 Å². The van der Waals surface area contributed by atoms with Crippen molar-refractivity contribution in [3.8, 4) is 0 Å². The molecule has 0 spiro atoms. The smallest absolute Gasteiger partial charge is 0.222 e. The molecular weight excluding hydrogens is 142 g/mol. The first kappa shape index (κ1) is 10.3. The van der Waals surface area contributed by atoms with Gasteiger partial charge in [-0.2, -0.15) is 0 Å². The first-order valence-electron chi connectivity index (χ1n) is 4.12. The minimum atomic E-state index is 0.349. The predicted octanol–water partition coefficient (Wildman–Crippen LogP) is 2.39. The average Bonchev–Trinajstić information content (AvgIpc) is 2.04. The Morgan fingerprint density at radius 1 is 1.36 bits per heavy atom. The van der Waals surface area contributed by atoms with E-state index in [9.17, 15) is 0 Å². The van der Waals surface area contributed by atoms with E-state index in [0.29, 0.717) is 12.5 Å². The van der Waals surface area contributed by atoms with Gasteiger partial charge in [-0.25, -0.2) is 0 Å². The molecule has 3 nitrogen and oxygen atoms in total. The molecule has 0 aromatic heterocycles. The van der Waals surface area contributed by atoms with Gasteiger partial charge in [0.15, 0.2) is 0 Å². The lowest BCUT2D eigenvalue weighted by Gasteiger charge is -2.02. The maximum atomic E-state index is 8.20. The van der Waals surface area contributed by atoms with Gasteiger partial charge < -0.3 is 9.94 Å². The number of oxime groups is 1. The molecule has 3 heteroatoms. The van der Waals surface area contributed by atoms with Gasteiger partial charge in [-0.05, 0) is 6.42 Å². The van der Waals surface area contributed by atoms with Crippen LogP contribution in [0.2, 0.25) is 0 Å². The predicted molar refractivity (Wildman–Crippen MR) is 45.0 cm³/mol. The summed E-state index contributed by atoms with van der Waals surface area (Å²) in [5, 5.41) is 11.1. The fourth-order valence-electron chi connectivity index (χ4n) is 0.778. The summed E-state index contributed by atoms with van der Waals surface area (Å²) in [6.07, 6.45) is 4.71. The third-order valence-corrected chi connectivity index (χ3v) is 1.45. The van der Waals surface area contributed by atoms with E-state index in [2.05, 4.69) is 12.1 Å². The van der Waals surface area contributed by atoms with Crippen molar-refractivity contribution in [2.75, 3.05) is 6.61 Å². The molecule has 0 atom stereocenters. The van der Waals surface area contributed by atoms with Crippen molar-refractivity contribution in [3.05, 3.63) is 0 Å². The van der Waals surface area contributed by atoms with E-state index in [1.165, 1.54) is 19.3 Å². The van der Waals surface area contributed by atoms with Crippen molar-refractivity contribution in [1.29, 1.82) is 0 Å². The zero-order valence-corrected chi connectivity index (χ0v) is 7.34. The van der Waals surface area contributed by atoms with Crippen LogP contribution in [0.4, 0.5) is 0 Å². The van der Waals surface area contributed by atoms with Gasteiger partial charge in [0.2, 0.25) is 5.90 Å². The average molecular weight is 159 g/mol. The number of unbranched alkanes of at least 4 members (excludes halogenated alkanes) is 3. The Hall–Kier alpha value is -0.730. The molecule has 66 valence electrons. The fourth-order valence-corrected chi connectivity index (χ4v) is 0.778. The molecule has 0 aliphatic carbocycles. The van der Waals surface area contributed by atoms with E-state index >= 15 is 0 Å². The molecular formula is C8H17NO2. The van der Waals surface area contributed by atoms with E-state index in [1.54, 1.807) is 6.92 Å². The Labute approximate surface area is 68.1 Å². The Morgan fingerprint density at radius 2 is 2.09 bits per heavy atom. The van der Waals surface area contributed by atoms with Crippen LogP contribution in [-0.2, 0) is 4.74 Å². The van der Waals surface area contributed by atoms with Crippen LogP contribution in [0.3, 0.4) is 0 Å². The van der Waals surface area contributed by atoms with Crippen LogP contribution in [0, 0.1) is 0 Å². The lowest BCUT2D eigenvalue weighted by atomic mass is 10.2. The summed E-state index contributed by atoms with van der Waals surface area (Å²) in [5.74, 6) is 0.349. The SMILES string of the molecule is CCCCCCOC(C)=NO. The van der Waals surface area contributed by atoms with Gasteiger partial charge in [0.05, 0.1) is 6.61 Å². The summed E-state index contributed by atoms with van der Waals surface area (Å²) in [4.78, 5) is 0. The quantitative estimate of drug-likeness (QED) is 0.220. The van der Waals surface area contributed by atoms with Gasteiger partial charge in [-0.1, -0.05) is 31.3 Å². The third-order valence-electron chi connectivity index (χ3n) is 1.45. The number of hydrogen-bond acceptors (Lipinski definition) is 3. The number of ether oxygens (including phenoxy) is 1. The molecule has 0 heterocycles. The Bertz CT molecular complexity index is 113. The van der Waals surface area contributed by atoms with Crippen LogP contribution >= 0.6 is 0 Å². The van der Waals surface area contributed by atoms with Crippen LogP contribution < -0.4 is 0 Å². The zero-order valence-electron chi connectivity index (χ0n) is 7.34. The van der Waals surface area contributed by atoms with Gasteiger partial charge in [0, 0.05) is 6.92 Å². The highest BCUT2D eigenvalue weighted by Gasteiger charge is 1.91. The summed E-state index contributed by atoms with van der Waals surface area (Å²) in [6, 6.07) is 0. The van der Waals surface area contributed by atoms with Crippen LogP contribution in [0.25, 0.3) is 0 Å². The Balaban J connectivity index is 3.02. The molecule has 0 radical (unpaired) electrons. The number of nitrogens with zero attached hydrogens (tertiary/aromatic N) is 1. The van der Waals surface area contributed by atoms with Crippen molar-refractivity contribution in [3.63, 3.8) is 0 Å². The molecule has 0 aromatic rings. The molecule has 0 aliphatic rings. The monoisotopic (exact) mass is 159 g/mol. The van der Waals surface area contributed by atoms with Crippen LogP contribution in [0.5, 0.6) is 0 Å². The van der Waals surface area contributed by atoms with E-state index in [4.69, 9.17) is 9.94 Å². The summed E-state index contributed by atoms with van der Waals surface area (Å²) >= 11 is 0. The summed E-state index contributed by atoms with van der Waals surface area (Å²) in [7, 11) is 0. The van der Waals surface area contributed by atoms with Crippen LogP contribution in [0.1, 0.15) is 39.5 Å². The second-order valence-electron chi connectivity index (χ2n) is 2.53. The van der Waals surface area contributed by atoms with E-state index in [1.807, 2.05) is 0 Å². The molecule has 0 aliphatic heterocycles. The topological polar surface area (TPSA) is 41.8 Å². The standard InChI is InChI=1S/C8H17NO2/c1-3-4-5-6-7-11-8(2)9-10/h10H,3-7H2,1-2H3. The third kappa shape index (κ3) is 7.16. The van der Waals surface area contributed by atoms with Crippen molar-refractivity contribution in [2.45, 2.75) is 39.5 Å². The maximum Gasteiger partial charge on any atom is 0.222 e. The van der Waals surface area contributed by atoms with Crippen molar-refractivity contribution in [1.82, 2.24) is 0 Å². The van der Waals surface area contributed by atoms with E-state index < -0.39 is 0 Å². The van der Waals surface area contributed by atoms with Crippen LogP contribution in [0.15, 0.2) is 5.16 Å². The highest BCUT2D eigenvalue weighted by atomic mass is 16.5. The van der Waals surface area contributed by atoms with E-state index in [0.717, 1.165) is 6.42 Å². The molecule has 0 fully saturated rings. The molecule has 0 amide bonds. The highest BCUT2D eigenvalue weighted by Crippen LogP contribution is 1.98. The van der Waals surface area contributed by atoms with E-state index in [-0.39, 0.29) is 0 Å². The lowest BCUT2D eigenvalue weighted by Crippen LogP contribution is -2.00. The molecule has 11 heavy (non-hydrogen) atoms. The normalized spacial score (nSPS) is 11.6. The van der Waals surface area contributed by atoms with Gasteiger partial charge in [0.1, 0.15) is 0 Å². The largest absolute Gasteiger partial charge is 0.479 e. The molecule has 0 bridgehead atoms. The van der Waals surface area contributed by atoms with Gasteiger partial charge in [0.25, 0.3) is 0 Å². The molecule has 0 saturated heterocycles.